The predicted octanol–water partition coefficient (Wildman–Crippen LogP) is 3.46. The van der Waals surface area contributed by atoms with E-state index in [-0.39, 0.29) is 10.7 Å². The maximum atomic E-state index is 13.4. The fourth-order valence-corrected chi connectivity index (χ4v) is 5.06. The molecule has 0 aliphatic heterocycles. The average Bonchev–Trinajstić information content (AvgIpc) is 3.19. The highest BCUT2D eigenvalue weighted by molar-refractivity contribution is 7.89. The Hall–Kier alpha value is -3.24. The molecular weight excluding hydrogens is 457 g/mol. The SMILES string of the molecule is CN(C)c1ccc(S(=O)(=O)N(C)C)cc1NC(=O)c1nn(-c2ccc(F)cc2)c2c1CCCC2. The summed E-state index contributed by atoms with van der Waals surface area (Å²) in [6.45, 7) is 0. The van der Waals surface area contributed by atoms with Gasteiger partial charge in [-0.05, 0) is 68.1 Å². The molecular formula is C24H28FN5O3S. The summed E-state index contributed by atoms with van der Waals surface area (Å²) in [7, 11) is 2.87. The Labute approximate surface area is 199 Å². The first kappa shape index (κ1) is 23.9. The largest absolute Gasteiger partial charge is 0.376 e. The normalized spacial score (nSPS) is 13.6. The first-order valence-electron chi connectivity index (χ1n) is 11.0. The van der Waals surface area contributed by atoms with E-state index < -0.39 is 15.9 Å². The van der Waals surface area contributed by atoms with Crippen LogP contribution in [0.5, 0.6) is 0 Å². The third-order valence-electron chi connectivity index (χ3n) is 5.94. The molecule has 3 aromatic rings. The number of rotatable bonds is 6. The van der Waals surface area contributed by atoms with E-state index in [0.717, 1.165) is 41.2 Å². The number of nitrogens with zero attached hydrogens (tertiary/aromatic N) is 4. The van der Waals surface area contributed by atoms with Crippen LogP contribution >= 0.6 is 0 Å². The number of sulfonamides is 1. The van der Waals surface area contributed by atoms with E-state index in [1.165, 1.54) is 38.4 Å². The summed E-state index contributed by atoms with van der Waals surface area (Å²) in [5, 5.41) is 7.49. The quantitative estimate of drug-likeness (QED) is 0.578. The standard InChI is InChI=1S/C24H28FN5O3S/c1-28(2)22-14-13-18(34(32,33)29(3)4)15-20(22)26-24(31)23-19-7-5-6-8-21(19)30(27-23)17-11-9-16(25)10-12-17/h9-15H,5-8H2,1-4H3,(H,26,31). The van der Waals surface area contributed by atoms with E-state index in [1.807, 2.05) is 14.1 Å². The third-order valence-corrected chi connectivity index (χ3v) is 7.75. The van der Waals surface area contributed by atoms with Gasteiger partial charge in [-0.25, -0.2) is 21.8 Å². The van der Waals surface area contributed by atoms with Gasteiger partial charge in [-0.2, -0.15) is 5.10 Å². The van der Waals surface area contributed by atoms with Crippen molar-refractivity contribution in [1.29, 1.82) is 0 Å². The van der Waals surface area contributed by atoms with Crippen LogP contribution in [0.4, 0.5) is 15.8 Å². The fraction of sp³-hybridized carbons (Fsp3) is 0.333. The van der Waals surface area contributed by atoms with Gasteiger partial charge in [-0.3, -0.25) is 4.79 Å². The zero-order chi connectivity index (χ0) is 24.6. The summed E-state index contributed by atoms with van der Waals surface area (Å²) < 4.78 is 41.6. The summed E-state index contributed by atoms with van der Waals surface area (Å²) in [6, 6.07) is 10.7. The van der Waals surface area contributed by atoms with Crippen molar-refractivity contribution in [3.05, 3.63) is 65.2 Å². The van der Waals surface area contributed by atoms with E-state index in [2.05, 4.69) is 10.4 Å². The van der Waals surface area contributed by atoms with Crippen LogP contribution in [0.25, 0.3) is 5.69 Å². The van der Waals surface area contributed by atoms with Crippen LogP contribution in [0.1, 0.15) is 34.6 Å². The second-order valence-corrected chi connectivity index (χ2v) is 10.8. The van der Waals surface area contributed by atoms with E-state index >= 15 is 0 Å². The maximum Gasteiger partial charge on any atom is 0.276 e. The monoisotopic (exact) mass is 485 g/mol. The number of fused-ring (bicyclic) bond motifs is 1. The molecule has 0 fully saturated rings. The van der Waals surface area contributed by atoms with Crippen LogP contribution in [0.15, 0.2) is 47.4 Å². The lowest BCUT2D eigenvalue weighted by Gasteiger charge is -2.20. The molecule has 4 rings (SSSR count). The van der Waals surface area contributed by atoms with E-state index in [1.54, 1.807) is 27.8 Å². The number of carbonyl (C=O) groups excluding carboxylic acids is 1. The number of hydrogen-bond donors (Lipinski definition) is 1. The number of hydrogen-bond acceptors (Lipinski definition) is 5. The predicted molar refractivity (Wildman–Crippen MR) is 130 cm³/mol. The van der Waals surface area contributed by atoms with Gasteiger partial charge >= 0.3 is 0 Å². The van der Waals surface area contributed by atoms with Gasteiger partial charge in [0.1, 0.15) is 5.82 Å². The molecule has 1 N–H and O–H groups in total. The maximum absolute atomic E-state index is 13.4. The van der Waals surface area contributed by atoms with Gasteiger partial charge in [0.2, 0.25) is 10.0 Å². The zero-order valence-electron chi connectivity index (χ0n) is 19.7. The van der Waals surface area contributed by atoms with Gasteiger partial charge in [0.25, 0.3) is 5.91 Å². The van der Waals surface area contributed by atoms with Gasteiger partial charge in [0.15, 0.2) is 5.69 Å². The van der Waals surface area contributed by atoms with E-state index in [4.69, 9.17) is 0 Å². The summed E-state index contributed by atoms with van der Waals surface area (Å²) in [4.78, 5) is 15.3. The molecule has 180 valence electrons. The van der Waals surface area contributed by atoms with Crippen LogP contribution in [0.3, 0.4) is 0 Å². The Morgan fingerprint density at radius 3 is 2.35 bits per heavy atom. The van der Waals surface area contributed by atoms with Crippen molar-refractivity contribution in [2.24, 2.45) is 0 Å². The van der Waals surface area contributed by atoms with Gasteiger partial charge in [0.05, 0.1) is 22.0 Å². The van der Waals surface area contributed by atoms with Gasteiger partial charge in [-0.1, -0.05) is 0 Å². The van der Waals surface area contributed by atoms with E-state index in [0.29, 0.717) is 22.8 Å². The molecule has 34 heavy (non-hydrogen) atoms. The molecule has 10 heteroatoms. The lowest BCUT2D eigenvalue weighted by Crippen LogP contribution is -2.23. The van der Waals surface area contributed by atoms with E-state index in [9.17, 15) is 17.6 Å². The number of carbonyl (C=O) groups is 1. The molecule has 0 spiro atoms. The highest BCUT2D eigenvalue weighted by Crippen LogP contribution is 2.31. The Kier molecular flexibility index (Phi) is 6.46. The molecule has 2 aromatic carbocycles. The van der Waals surface area contributed by atoms with Crippen LogP contribution < -0.4 is 10.2 Å². The number of aromatic nitrogens is 2. The van der Waals surface area contributed by atoms with Gasteiger partial charge < -0.3 is 10.2 Å². The minimum atomic E-state index is -3.68. The molecule has 0 atom stereocenters. The Balaban J connectivity index is 1.75. The third kappa shape index (κ3) is 4.43. The molecule has 0 radical (unpaired) electrons. The first-order valence-corrected chi connectivity index (χ1v) is 12.5. The lowest BCUT2D eigenvalue weighted by atomic mass is 9.95. The summed E-state index contributed by atoms with van der Waals surface area (Å²) in [5.74, 6) is -0.756. The zero-order valence-corrected chi connectivity index (χ0v) is 20.5. The molecule has 8 nitrogen and oxygen atoms in total. The summed E-state index contributed by atoms with van der Waals surface area (Å²) in [5.41, 5.74) is 3.84. The molecule has 0 saturated heterocycles. The molecule has 0 unspecified atom stereocenters. The molecule has 1 aliphatic rings. The van der Waals surface area contributed by atoms with Crippen molar-refractivity contribution in [3.63, 3.8) is 0 Å². The Bertz CT molecular complexity index is 1330. The number of benzene rings is 2. The van der Waals surface area contributed by atoms with Crippen LogP contribution in [0, 0.1) is 5.82 Å². The summed E-state index contributed by atoms with van der Waals surface area (Å²) in [6.07, 6.45) is 3.42. The highest BCUT2D eigenvalue weighted by atomic mass is 32.2. The molecule has 0 bridgehead atoms. The summed E-state index contributed by atoms with van der Waals surface area (Å²) >= 11 is 0. The molecule has 1 aliphatic carbocycles. The van der Waals surface area contributed by atoms with Crippen LogP contribution in [-0.2, 0) is 22.9 Å². The highest BCUT2D eigenvalue weighted by Gasteiger charge is 2.27. The topological polar surface area (TPSA) is 87.5 Å². The van der Waals surface area contributed by atoms with Gasteiger partial charge in [-0.15, -0.1) is 0 Å². The molecule has 0 saturated carbocycles. The fourth-order valence-electron chi connectivity index (χ4n) is 4.14. The van der Waals surface area contributed by atoms with Crippen LogP contribution in [0.2, 0.25) is 0 Å². The smallest absolute Gasteiger partial charge is 0.276 e. The number of anilines is 2. The second-order valence-electron chi connectivity index (χ2n) is 8.68. The van der Waals surface area contributed by atoms with Gasteiger partial charge in [0, 0.05) is 39.4 Å². The number of amides is 1. The van der Waals surface area contributed by atoms with Crippen molar-refractivity contribution >= 4 is 27.3 Å². The average molecular weight is 486 g/mol. The van der Waals surface area contributed by atoms with Crippen molar-refractivity contribution < 1.29 is 17.6 Å². The minimum Gasteiger partial charge on any atom is -0.376 e. The van der Waals surface area contributed by atoms with Crippen molar-refractivity contribution in [2.75, 3.05) is 38.4 Å². The molecule has 1 aromatic heterocycles. The van der Waals surface area contributed by atoms with Crippen molar-refractivity contribution in [1.82, 2.24) is 14.1 Å². The molecule has 1 heterocycles. The van der Waals surface area contributed by atoms with Crippen molar-refractivity contribution in [2.45, 2.75) is 30.6 Å². The molecule has 1 amide bonds. The Morgan fingerprint density at radius 2 is 1.71 bits per heavy atom. The first-order chi connectivity index (χ1) is 16.1. The number of nitrogens with one attached hydrogen (secondary N) is 1. The lowest BCUT2D eigenvalue weighted by molar-refractivity contribution is 0.102. The van der Waals surface area contributed by atoms with Crippen molar-refractivity contribution in [3.8, 4) is 5.69 Å². The van der Waals surface area contributed by atoms with Crippen LogP contribution in [-0.4, -0.2) is 56.6 Å². The Morgan fingerprint density at radius 1 is 1.03 bits per heavy atom. The second kappa shape index (κ2) is 9.19. The minimum absolute atomic E-state index is 0.0808. The number of halogens is 1.